The number of carbonyl (C=O) groups excluding carboxylic acids is 1. The first-order valence-corrected chi connectivity index (χ1v) is 10.1. The Kier molecular flexibility index (Phi) is 6.01. The Morgan fingerprint density at radius 1 is 1.17 bits per heavy atom. The third-order valence-corrected chi connectivity index (χ3v) is 5.84. The summed E-state index contributed by atoms with van der Waals surface area (Å²) >= 11 is 0. The molecule has 1 saturated carbocycles. The molecule has 2 heterocycles. The van der Waals surface area contributed by atoms with Crippen molar-refractivity contribution in [2.24, 2.45) is 5.92 Å². The lowest BCUT2D eigenvalue weighted by molar-refractivity contribution is -0.128. The van der Waals surface area contributed by atoms with E-state index >= 15 is 0 Å². The van der Waals surface area contributed by atoms with E-state index in [-0.39, 0.29) is 12.2 Å². The molecule has 3 N–H and O–H groups in total. The molecule has 8 heteroatoms. The molecule has 4 rings (SSSR count). The van der Waals surface area contributed by atoms with Crippen molar-refractivity contribution in [1.82, 2.24) is 20.8 Å². The largest absolute Gasteiger partial charge is 0.341 e. The molecule has 1 aromatic carbocycles. The standard InChI is InChI=1S/C21H26FN5O2/c22-17-3-1-16(2-4-17)18-10-19(18)23-11-14-5-7-27(8-6-14)21-24-12-15(13-25-21)9-20(28)26-29/h1-4,12-14,18-19,23,29H,5-11H2,(H,26,28)/t18-,19+/m1/s1. The molecule has 154 valence electrons. The van der Waals surface area contributed by atoms with E-state index < -0.39 is 5.91 Å². The average molecular weight is 399 g/mol. The zero-order valence-corrected chi connectivity index (χ0v) is 16.2. The van der Waals surface area contributed by atoms with E-state index in [1.807, 2.05) is 12.1 Å². The van der Waals surface area contributed by atoms with E-state index in [0.29, 0.717) is 29.4 Å². The van der Waals surface area contributed by atoms with Crippen LogP contribution in [0.5, 0.6) is 0 Å². The Morgan fingerprint density at radius 2 is 1.86 bits per heavy atom. The molecule has 1 aliphatic carbocycles. The SMILES string of the molecule is O=C(Cc1cnc(N2CCC(CN[C@H]3C[C@@H]3c3ccc(F)cc3)CC2)nc1)NO. The second kappa shape index (κ2) is 8.84. The lowest BCUT2D eigenvalue weighted by Gasteiger charge is -2.32. The smallest absolute Gasteiger partial charge is 0.247 e. The van der Waals surface area contributed by atoms with E-state index in [4.69, 9.17) is 5.21 Å². The van der Waals surface area contributed by atoms with Crippen molar-refractivity contribution in [3.05, 3.63) is 53.6 Å². The quantitative estimate of drug-likeness (QED) is 0.488. The molecule has 1 saturated heterocycles. The van der Waals surface area contributed by atoms with Crippen molar-refractivity contribution in [1.29, 1.82) is 0 Å². The Bertz CT molecular complexity index is 822. The molecule has 0 unspecified atom stereocenters. The van der Waals surface area contributed by atoms with Crippen molar-refractivity contribution in [3.63, 3.8) is 0 Å². The summed E-state index contributed by atoms with van der Waals surface area (Å²) < 4.78 is 13.0. The van der Waals surface area contributed by atoms with Crippen LogP contribution in [0.3, 0.4) is 0 Å². The number of nitrogens with zero attached hydrogens (tertiary/aromatic N) is 3. The van der Waals surface area contributed by atoms with Crippen LogP contribution in [0.15, 0.2) is 36.7 Å². The van der Waals surface area contributed by atoms with Gasteiger partial charge in [-0.3, -0.25) is 10.0 Å². The van der Waals surface area contributed by atoms with E-state index in [2.05, 4.69) is 20.2 Å². The first kappa shape index (κ1) is 19.7. The zero-order valence-electron chi connectivity index (χ0n) is 16.2. The van der Waals surface area contributed by atoms with Gasteiger partial charge in [-0.2, -0.15) is 0 Å². The molecule has 29 heavy (non-hydrogen) atoms. The minimum Gasteiger partial charge on any atom is -0.341 e. The number of carbonyl (C=O) groups is 1. The summed E-state index contributed by atoms with van der Waals surface area (Å²) in [4.78, 5) is 22.1. The second-order valence-corrected chi connectivity index (χ2v) is 7.94. The fourth-order valence-corrected chi connectivity index (χ4v) is 3.98. The van der Waals surface area contributed by atoms with Crippen LogP contribution in [0, 0.1) is 11.7 Å². The van der Waals surface area contributed by atoms with Crippen LogP contribution in [-0.4, -0.2) is 46.8 Å². The number of amides is 1. The van der Waals surface area contributed by atoms with E-state index in [1.54, 1.807) is 17.9 Å². The molecule has 7 nitrogen and oxygen atoms in total. The van der Waals surface area contributed by atoms with Crippen molar-refractivity contribution < 1.29 is 14.4 Å². The third kappa shape index (κ3) is 5.07. The first-order chi connectivity index (χ1) is 14.1. The molecule has 0 spiro atoms. The van der Waals surface area contributed by atoms with Gasteiger partial charge in [-0.25, -0.2) is 19.8 Å². The highest BCUT2D eigenvalue weighted by Crippen LogP contribution is 2.41. The number of nitrogens with one attached hydrogen (secondary N) is 2. The fraction of sp³-hybridized carbons (Fsp3) is 0.476. The van der Waals surface area contributed by atoms with Crippen LogP contribution in [0.2, 0.25) is 0 Å². The van der Waals surface area contributed by atoms with E-state index in [9.17, 15) is 9.18 Å². The second-order valence-electron chi connectivity index (χ2n) is 7.94. The molecule has 0 radical (unpaired) electrons. The summed E-state index contributed by atoms with van der Waals surface area (Å²) in [7, 11) is 0. The number of anilines is 1. The minimum atomic E-state index is -0.480. The summed E-state index contributed by atoms with van der Waals surface area (Å²) in [6, 6.07) is 7.36. The molecule has 2 aliphatic rings. The molecule has 1 aliphatic heterocycles. The van der Waals surface area contributed by atoms with E-state index in [1.165, 1.54) is 17.7 Å². The van der Waals surface area contributed by atoms with Gasteiger partial charge in [0.15, 0.2) is 0 Å². The Balaban J connectivity index is 1.19. The molecular formula is C21H26FN5O2. The molecule has 2 aromatic rings. The van der Waals surface area contributed by atoms with Gasteiger partial charge >= 0.3 is 0 Å². The molecule has 2 fully saturated rings. The normalized spacial score (nSPS) is 21.8. The maximum atomic E-state index is 13.0. The maximum Gasteiger partial charge on any atom is 0.247 e. The fourth-order valence-electron chi connectivity index (χ4n) is 3.98. The number of hydrogen-bond acceptors (Lipinski definition) is 6. The number of benzene rings is 1. The van der Waals surface area contributed by atoms with E-state index in [0.717, 1.165) is 38.9 Å². The van der Waals surface area contributed by atoms with Gasteiger partial charge < -0.3 is 10.2 Å². The summed E-state index contributed by atoms with van der Waals surface area (Å²) in [5, 5.41) is 12.2. The predicted molar refractivity (Wildman–Crippen MR) is 106 cm³/mol. The number of halogens is 1. The van der Waals surface area contributed by atoms with Crippen molar-refractivity contribution in [2.45, 2.75) is 37.6 Å². The van der Waals surface area contributed by atoms with Crippen molar-refractivity contribution >= 4 is 11.9 Å². The minimum absolute atomic E-state index is 0.0601. The third-order valence-electron chi connectivity index (χ3n) is 5.84. The monoisotopic (exact) mass is 399 g/mol. The molecule has 1 amide bonds. The number of rotatable bonds is 7. The Hall–Kier alpha value is -2.58. The summed E-state index contributed by atoms with van der Waals surface area (Å²) in [5.74, 6) is 1.17. The van der Waals surface area contributed by atoms with Crippen molar-refractivity contribution in [2.75, 3.05) is 24.5 Å². The van der Waals surface area contributed by atoms with Crippen LogP contribution < -0.4 is 15.7 Å². The highest BCUT2D eigenvalue weighted by molar-refractivity contribution is 5.77. The topological polar surface area (TPSA) is 90.4 Å². The lowest BCUT2D eigenvalue weighted by Crippen LogP contribution is -2.38. The summed E-state index contributed by atoms with van der Waals surface area (Å²) in [6.45, 7) is 2.83. The van der Waals surface area contributed by atoms with Crippen LogP contribution in [0.4, 0.5) is 10.3 Å². The zero-order chi connectivity index (χ0) is 20.2. The maximum absolute atomic E-state index is 13.0. The van der Waals surface area contributed by atoms with Gasteiger partial charge in [0.1, 0.15) is 5.82 Å². The first-order valence-electron chi connectivity index (χ1n) is 10.1. The average Bonchev–Trinajstić information content (AvgIpc) is 3.53. The van der Waals surface area contributed by atoms with Gasteiger partial charge in [0, 0.05) is 37.4 Å². The van der Waals surface area contributed by atoms with Gasteiger partial charge in [-0.15, -0.1) is 0 Å². The van der Waals surface area contributed by atoms with Crippen molar-refractivity contribution in [3.8, 4) is 0 Å². The van der Waals surface area contributed by atoms with Crippen LogP contribution >= 0.6 is 0 Å². The molecule has 0 bridgehead atoms. The van der Waals surface area contributed by atoms with Gasteiger partial charge in [-0.05, 0) is 55.0 Å². The Labute approximate surface area is 169 Å². The highest BCUT2D eigenvalue weighted by Gasteiger charge is 2.38. The van der Waals surface area contributed by atoms with Crippen LogP contribution in [0.25, 0.3) is 0 Å². The lowest BCUT2D eigenvalue weighted by atomic mass is 9.97. The van der Waals surface area contributed by atoms with Gasteiger partial charge in [0.2, 0.25) is 11.9 Å². The molecular weight excluding hydrogens is 373 g/mol. The number of hydrogen-bond donors (Lipinski definition) is 3. The summed E-state index contributed by atoms with van der Waals surface area (Å²) in [6.07, 6.45) is 6.61. The molecule has 1 aromatic heterocycles. The Morgan fingerprint density at radius 3 is 2.52 bits per heavy atom. The van der Waals surface area contributed by atoms with Crippen LogP contribution in [0.1, 0.15) is 36.3 Å². The number of piperidine rings is 1. The predicted octanol–water partition coefficient (Wildman–Crippen LogP) is 2.03. The van der Waals surface area contributed by atoms with Gasteiger partial charge in [-0.1, -0.05) is 12.1 Å². The van der Waals surface area contributed by atoms with Crippen LogP contribution in [-0.2, 0) is 11.2 Å². The summed E-state index contributed by atoms with van der Waals surface area (Å²) in [5.41, 5.74) is 3.49. The number of aromatic nitrogens is 2. The molecule has 2 atom stereocenters. The number of hydroxylamine groups is 1. The van der Waals surface area contributed by atoms with Gasteiger partial charge in [0.25, 0.3) is 0 Å². The van der Waals surface area contributed by atoms with Gasteiger partial charge in [0.05, 0.1) is 6.42 Å². The highest BCUT2D eigenvalue weighted by atomic mass is 19.1.